The molecule has 2 rings (SSSR count). The number of nitrogens with zero attached hydrogens (tertiary/aromatic N) is 2. The number of halogens is 2. The van der Waals surface area contributed by atoms with Crippen molar-refractivity contribution in [3.8, 4) is 5.75 Å². The molecule has 0 fully saturated rings. The predicted octanol–water partition coefficient (Wildman–Crippen LogP) is 3.60. The molecule has 0 aliphatic carbocycles. The van der Waals surface area contributed by atoms with Gasteiger partial charge in [0.2, 0.25) is 0 Å². The molecule has 1 atom stereocenters. The van der Waals surface area contributed by atoms with Gasteiger partial charge >= 0.3 is 0 Å². The molecule has 0 spiro atoms. The van der Waals surface area contributed by atoms with Crippen LogP contribution in [0, 0.1) is 12.7 Å². The van der Waals surface area contributed by atoms with Crippen LogP contribution in [0.1, 0.15) is 36.8 Å². The smallest absolute Gasteiger partial charge is 0.165 e. The molecule has 1 aromatic heterocycles. The van der Waals surface area contributed by atoms with E-state index in [0.29, 0.717) is 11.6 Å². The van der Waals surface area contributed by atoms with Crippen LogP contribution < -0.4 is 10.5 Å². The minimum Gasteiger partial charge on any atom is -0.484 e. The van der Waals surface area contributed by atoms with Gasteiger partial charge in [-0.15, -0.1) is 0 Å². The summed E-state index contributed by atoms with van der Waals surface area (Å²) in [6.45, 7) is 6.44. The first-order valence-corrected chi connectivity index (χ1v) is 7.21. The van der Waals surface area contributed by atoms with Crippen molar-refractivity contribution in [3.63, 3.8) is 0 Å². The fraction of sp³-hybridized carbons (Fsp3) is 0.400. The van der Waals surface area contributed by atoms with Gasteiger partial charge in [-0.2, -0.15) is 5.10 Å². The van der Waals surface area contributed by atoms with Gasteiger partial charge < -0.3 is 10.5 Å². The van der Waals surface area contributed by atoms with Crippen LogP contribution in [0.2, 0.25) is 5.02 Å². The second-order valence-corrected chi connectivity index (χ2v) is 5.31. The maximum atomic E-state index is 14.0. The third-order valence-corrected chi connectivity index (χ3v) is 3.79. The molecule has 0 radical (unpaired) electrons. The molecule has 2 aromatic rings. The van der Waals surface area contributed by atoms with E-state index < -0.39 is 5.82 Å². The Labute approximate surface area is 128 Å². The summed E-state index contributed by atoms with van der Waals surface area (Å²) in [6.07, 6.45) is 0. The Bertz CT molecular complexity index is 640. The Morgan fingerprint density at radius 3 is 2.76 bits per heavy atom. The van der Waals surface area contributed by atoms with Crippen LogP contribution >= 0.6 is 11.6 Å². The van der Waals surface area contributed by atoms with E-state index in [-0.39, 0.29) is 18.4 Å². The highest BCUT2D eigenvalue weighted by Crippen LogP contribution is 2.25. The van der Waals surface area contributed by atoms with E-state index in [9.17, 15) is 4.39 Å². The highest BCUT2D eigenvalue weighted by Gasteiger charge is 2.14. The van der Waals surface area contributed by atoms with Gasteiger partial charge in [-0.05, 0) is 38.5 Å². The van der Waals surface area contributed by atoms with E-state index in [1.165, 1.54) is 6.07 Å². The number of aromatic nitrogens is 2. The fourth-order valence-electron chi connectivity index (χ4n) is 2.07. The average molecular weight is 312 g/mol. The summed E-state index contributed by atoms with van der Waals surface area (Å²) in [5, 5.41) is 4.85. The first-order valence-electron chi connectivity index (χ1n) is 6.83. The van der Waals surface area contributed by atoms with E-state index >= 15 is 0 Å². The zero-order chi connectivity index (χ0) is 15.6. The summed E-state index contributed by atoms with van der Waals surface area (Å²) < 4.78 is 21.3. The van der Waals surface area contributed by atoms with Crippen LogP contribution in [0.3, 0.4) is 0 Å². The van der Waals surface area contributed by atoms with Gasteiger partial charge in [-0.25, -0.2) is 4.39 Å². The maximum absolute atomic E-state index is 14.0. The summed E-state index contributed by atoms with van der Waals surface area (Å²) in [4.78, 5) is 0. The van der Waals surface area contributed by atoms with Gasteiger partial charge in [-0.3, -0.25) is 4.68 Å². The lowest BCUT2D eigenvalue weighted by atomic mass is 10.1. The van der Waals surface area contributed by atoms with Crippen molar-refractivity contribution in [1.82, 2.24) is 9.78 Å². The fourth-order valence-corrected chi connectivity index (χ4v) is 2.26. The van der Waals surface area contributed by atoms with Crippen LogP contribution in [-0.2, 0) is 13.2 Å². The summed E-state index contributed by atoms with van der Waals surface area (Å²) >= 11 is 6.19. The summed E-state index contributed by atoms with van der Waals surface area (Å²) in [5.74, 6) is -0.253. The number of hydrogen-bond acceptors (Lipinski definition) is 3. The lowest BCUT2D eigenvalue weighted by Crippen LogP contribution is -2.08. The van der Waals surface area contributed by atoms with Gasteiger partial charge in [-0.1, -0.05) is 17.7 Å². The molecule has 0 unspecified atom stereocenters. The Morgan fingerprint density at radius 1 is 1.48 bits per heavy atom. The van der Waals surface area contributed by atoms with Gasteiger partial charge in [0.1, 0.15) is 6.61 Å². The molecule has 1 aromatic carbocycles. The van der Waals surface area contributed by atoms with E-state index in [4.69, 9.17) is 22.1 Å². The van der Waals surface area contributed by atoms with Crippen molar-refractivity contribution in [2.45, 2.75) is 40.0 Å². The lowest BCUT2D eigenvalue weighted by molar-refractivity contribution is 0.278. The Kier molecular flexibility index (Phi) is 4.85. The highest BCUT2D eigenvalue weighted by atomic mass is 35.5. The molecule has 6 heteroatoms. The number of benzene rings is 1. The van der Waals surface area contributed by atoms with Crippen LogP contribution in [0.25, 0.3) is 0 Å². The van der Waals surface area contributed by atoms with Crippen LogP contribution in [0.5, 0.6) is 5.75 Å². The topological polar surface area (TPSA) is 53.1 Å². The van der Waals surface area contributed by atoms with E-state index in [0.717, 1.165) is 17.0 Å². The molecule has 0 saturated heterocycles. The van der Waals surface area contributed by atoms with Crippen LogP contribution in [0.15, 0.2) is 18.2 Å². The Morgan fingerprint density at radius 2 is 2.19 bits per heavy atom. The minimum atomic E-state index is -0.430. The van der Waals surface area contributed by atoms with E-state index in [1.54, 1.807) is 23.7 Å². The molecule has 0 bridgehead atoms. The molecule has 0 aliphatic heterocycles. The largest absolute Gasteiger partial charge is 0.484 e. The van der Waals surface area contributed by atoms with Crippen molar-refractivity contribution in [2.75, 3.05) is 0 Å². The van der Waals surface area contributed by atoms with Crippen molar-refractivity contribution < 1.29 is 9.13 Å². The maximum Gasteiger partial charge on any atom is 0.165 e. The molecule has 4 nitrogen and oxygen atoms in total. The quantitative estimate of drug-likeness (QED) is 0.918. The predicted molar refractivity (Wildman–Crippen MR) is 81.0 cm³/mol. The van der Waals surface area contributed by atoms with Gasteiger partial charge in [0.05, 0.1) is 16.4 Å². The number of hydrogen-bond donors (Lipinski definition) is 1. The van der Waals surface area contributed by atoms with Crippen LogP contribution in [0.4, 0.5) is 4.39 Å². The third-order valence-electron chi connectivity index (χ3n) is 3.30. The van der Waals surface area contributed by atoms with Crippen LogP contribution in [-0.4, -0.2) is 9.78 Å². The summed E-state index contributed by atoms with van der Waals surface area (Å²) in [7, 11) is 0. The van der Waals surface area contributed by atoms with E-state index in [2.05, 4.69) is 5.10 Å². The van der Waals surface area contributed by atoms with Crippen molar-refractivity contribution in [1.29, 1.82) is 0 Å². The molecular weight excluding hydrogens is 293 g/mol. The second-order valence-electron chi connectivity index (χ2n) is 4.93. The monoisotopic (exact) mass is 311 g/mol. The first-order chi connectivity index (χ1) is 9.93. The Hall–Kier alpha value is -1.59. The first kappa shape index (κ1) is 15.8. The molecule has 0 saturated carbocycles. The lowest BCUT2D eigenvalue weighted by Gasteiger charge is -2.11. The zero-order valence-corrected chi connectivity index (χ0v) is 13.1. The van der Waals surface area contributed by atoms with E-state index in [1.807, 2.05) is 13.8 Å². The molecular formula is C15H19ClFN3O. The minimum absolute atomic E-state index is 0.169. The highest BCUT2D eigenvalue weighted by molar-refractivity contribution is 6.31. The molecule has 2 N–H and O–H groups in total. The molecule has 0 amide bonds. The zero-order valence-electron chi connectivity index (χ0n) is 12.4. The molecule has 114 valence electrons. The van der Waals surface area contributed by atoms with Crippen molar-refractivity contribution in [3.05, 3.63) is 46.0 Å². The number of ether oxygens (including phenoxy) is 1. The number of aryl methyl sites for hydroxylation is 2. The third kappa shape index (κ3) is 3.36. The SMILES string of the molecule is CCn1nc(C)c(Cl)c1COc1ccc([C@H](C)N)cc1F. The number of nitrogens with two attached hydrogens (primary N) is 1. The van der Waals surface area contributed by atoms with Gasteiger partial charge in [0.25, 0.3) is 0 Å². The van der Waals surface area contributed by atoms with Crippen molar-refractivity contribution in [2.24, 2.45) is 5.73 Å². The molecule has 21 heavy (non-hydrogen) atoms. The summed E-state index contributed by atoms with van der Waals surface area (Å²) in [6, 6.07) is 4.52. The van der Waals surface area contributed by atoms with Crippen molar-refractivity contribution >= 4 is 11.6 Å². The Balaban J connectivity index is 2.17. The average Bonchev–Trinajstić information content (AvgIpc) is 2.72. The normalized spacial score (nSPS) is 12.5. The number of rotatable bonds is 5. The second kappa shape index (κ2) is 6.45. The van der Waals surface area contributed by atoms with Gasteiger partial charge in [0, 0.05) is 12.6 Å². The molecule has 0 aliphatic rings. The standard InChI is InChI=1S/C15H19ClFN3O/c1-4-20-13(15(16)10(3)19-20)8-21-14-6-5-11(9(2)18)7-12(14)17/h5-7,9H,4,8,18H2,1-3H3/t9-/m0/s1. The summed E-state index contributed by atoms with van der Waals surface area (Å²) in [5.41, 5.74) is 7.93. The van der Waals surface area contributed by atoms with Gasteiger partial charge in [0.15, 0.2) is 11.6 Å². The molecule has 1 heterocycles.